The van der Waals surface area contributed by atoms with Crippen LogP contribution in [0.2, 0.25) is 0 Å². The summed E-state index contributed by atoms with van der Waals surface area (Å²) in [6.45, 7) is 5.58. The zero-order valence-electron chi connectivity index (χ0n) is 19.2. The molecule has 0 unspecified atom stereocenters. The lowest BCUT2D eigenvalue weighted by Crippen LogP contribution is -2.49. The molecule has 1 aliphatic heterocycles. The van der Waals surface area contributed by atoms with Gasteiger partial charge in [-0.1, -0.05) is 18.2 Å². The molecule has 1 fully saturated rings. The zero-order chi connectivity index (χ0) is 23.3. The van der Waals surface area contributed by atoms with Gasteiger partial charge in [-0.3, -0.25) is 14.5 Å². The number of hydrogen-bond acceptors (Lipinski definition) is 5. The van der Waals surface area contributed by atoms with E-state index in [1.54, 1.807) is 19.1 Å². The van der Waals surface area contributed by atoms with Crippen LogP contribution in [0, 0.1) is 12.7 Å². The topological polar surface area (TPSA) is 67.9 Å². The third-order valence-electron chi connectivity index (χ3n) is 5.86. The standard InChI is InChI=1S/C24H32FN5O2/c1-17-5-8-19(15-21(17)25)27-24(32)23(31)26-16-22(30-13-11-29(4)12-14-30)18-6-9-20(10-7-18)28(2)3/h5-10,15,22H,11-14,16H2,1-4H3,(H,26,31)(H,27,32)/t22-/m0/s1. The largest absolute Gasteiger partial charge is 0.378 e. The first kappa shape index (κ1) is 23.7. The van der Waals surface area contributed by atoms with E-state index in [1.807, 2.05) is 19.0 Å². The van der Waals surface area contributed by atoms with Gasteiger partial charge in [0.1, 0.15) is 5.82 Å². The Balaban J connectivity index is 1.67. The van der Waals surface area contributed by atoms with Crippen molar-refractivity contribution in [1.29, 1.82) is 0 Å². The van der Waals surface area contributed by atoms with Crippen LogP contribution in [0.5, 0.6) is 0 Å². The van der Waals surface area contributed by atoms with Gasteiger partial charge in [-0.15, -0.1) is 0 Å². The Labute approximate surface area is 189 Å². The van der Waals surface area contributed by atoms with Gasteiger partial charge in [0.25, 0.3) is 0 Å². The van der Waals surface area contributed by atoms with Crippen molar-refractivity contribution in [1.82, 2.24) is 15.1 Å². The number of aryl methyl sites for hydroxylation is 1. The molecule has 0 aliphatic carbocycles. The molecule has 1 heterocycles. The molecule has 1 saturated heterocycles. The molecular formula is C24H32FN5O2. The minimum Gasteiger partial charge on any atom is -0.378 e. The van der Waals surface area contributed by atoms with Crippen LogP contribution in [0.4, 0.5) is 15.8 Å². The van der Waals surface area contributed by atoms with Crippen LogP contribution < -0.4 is 15.5 Å². The van der Waals surface area contributed by atoms with E-state index < -0.39 is 17.6 Å². The average Bonchev–Trinajstić information content (AvgIpc) is 2.77. The van der Waals surface area contributed by atoms with E-state index in [-0.39, 0.29) is 11.7 Å². The fraction of sp³-hybridized carbons (Fsp3) is 0.417. The van der Waals surface area contributed by atoms with Crippen LogP contribution in [-0.4, -0.2) is 75.5 Å². The Bertz CT molecular complexity index is 940. The van der Waals surface area contributed by atoms with Crippen molar-refractivity contribution in [3.8, 4) is 0 Å². The maximum Gasteiger partial charge on any atom is 0.313 e. The Hall–Kier alpha value is -2.97. The minimum absolute atomic E-state index is 0.0477. The SMILES string of the molecule is Cc1ccc(NC(=O)C(=O)NC[C@@H](c2ccc(N(C)C)cc2)N2CCN(C)CC2)cc1F. The summed E-state index contributed by atoms with van der Waals surface area (Å²) in [5.74, 6) is -1.98. The molecule has 0 aromatic heterocycles. The molecule has 1 atom stereocenters. The third-order valence-corrected chi connectivity index (χ3v) is 5.86. The molecule has 2 aromatic rings. The lowest BCUT2D eigenvalue weighted by Gasteiger charge is -2.38. The smallest absolute Gasteiger partial charge is 0.313 e. The highest BCUT2D eigenvalue weighted by Gasteiger charge is 2.25. The van der Waals surface area contributed by atoms with E-state index in [1.165, 1.54) is 6.07 Å². The minimum atomic E-state index is -0.812. The molecule has 0 radical (unpaired) electrons. The van der Waals surface area contributed by atoms with Crippen LogP contribution in [0.25, 0.3) is 0 Å². The van der Waals surface area contributed by atoms with Gasteiger partial charge in [-0.05, 0) is 49.4 Å². The van der Waals surface area contributed by atoms with Crippen molar-refractivity contribution in [2.24, 2.45) is 0 Å². The molecule has 2 aromatic carbocycles. The lowest BCUT2D eigenvalue weighted by atomic mass is 10.0. The first-order valence-electron chi connectivity index (χ1n) is 10.8. The quantitative estimate of drug-likeness (QED) is 0.673. The van der Waals surface area contributed by atoms with Gasteiger partial charge in [-0.2, -0.15) is 0 Å². The van der Waals surface area contributed by atoms with E-state index >= 15 is 0 Å². The number of nitrogens with one attached hydrogen (secondary N) is 2. The van der Waals surface area contributed by atoms with Gasteiger partial charge in [0.2, 0.25) is 0 Å². The number of nitrogens with zero attached hydrogens (tertiary/aromatic N) is 3. The summed E-state index contributed by atoms with van der Waals surface area (Å²) in [5, 5.41) is 5.22. The summed E-state index contributed by atoms with van der Waals surface area (Å²) < 4.78 is 13.7. The Kier molecular flexibility index (Phi) is 7.82. The number of likely N-dealkylation sites (N-methyl/N-ethyl adjacent to an activating group) is 1. The molecule has 1 aliphatic rings. The molecule has 0 spiro atoms. The number of halogens is 1. The van der Waals surface area contributed by atoms with Crippen LogP contribution >= 0.6 is 0 Å². The number of rotatable bonds is 6. The van der Waals surface area contributed by atoms with Crippen LogP contribution in [-0.2, 0) is 9.59 Å². The Morgan fingerprint density at radius 2 is 1.69 bits per heavy atom. The van der Waals surface area contributed by atoms with Gasteiger partial charge in [0.15, 0.2) is 0 Å². The second kappa shape index (κ2) is 10.6. The lowest BCUT2D eigenvalue weighted by molar-refractivity contribution is -0.136. The molecule has 8 heteroatoms. The van der Waals surface area contributed by atoms with E-state index in [2.05, 4.69) is 51.7 Å². The first-order valence-corrected chi connectivity index (χ1v) is 10.8. The fourth-order valence-electron chi connectivity index (χ4n) is 3.71. The molecule has 2 N–H and O–H groups in total. The van der Waals surface area contributed by atoms with E-state index in [0.29, 0.717) is 12.1 Å². The second-order valence-corrected chi connectivity index (χ2v) is 8.47. The molecule has 7 nitrogen and oxygen atoms in total. The monoisotopic (exact) mass is 441 g/mol. The summed E-state index contributed by atoms with van der Waals surface area (Å²) in [7, 11) is 6.08. The van der Waals surface area contributed by atoms with Crippen LogP contribution in [0.1, 0.15) is 17.2 Å². The normalized spacial score (nSPS) is 15.8. The molecule has 2 amide bonds. The number of benzene rings is 2. The van der Waals surface area contributed by atoms with Gasteiger partial charge < -0.3 is 20.4 Å². The molecule has 0 bridgehead atoms. The van der Waals surface area contributed by atoms with Crippen molar-refractivity contribution in [2.45, 2.75) is 13.0 Å². The van der Waals surface area contributed by atoms with Gasteiger partial charge in [-0.25, -0.2) is 4.39 Å². The molecule has 0 saturated carbocycles. The molecule has 172 valence electrons. The Morgan fingerprint density at radius 3 is 2.28 bits per heavy atom. The van der Waals surface area contributed by atoms with Crippen molar-refractivity contribution < 1.29 is 14.0 Å². The number of amides is 2. The van der Waals surface area contributed by atoms with Gasteiger partial charge in [0, 0.05) is 58.2 Å². The first-order chi connectivity index (χ1) is 15.2. The summed E-state index contributed by atoms with van der Waals surface area (Å²) in [4.78, 5) is 31.4. The van der Waals surface area contributed by atoms with Crippen molar-refractivity contribution >= 4 is 23.2 Å². The van der Waals surface area contributed by atoms with E-state index in [9.17, 15) is 14.0 Å². The third kappa shape index (κ3) is 6.05. The number of hydrogen-bond donors (Lipinski definition) is 2. The molecular weight excluding hydrogens is 409 g/mol. The van der Waals surface area contributed by atoms with Crippen molar-refractivity contribution in [2.75, 3.05) is 64.1 Å². The van der Waals surface area contributed by atoms with E-state index in [4.69, 9.17) is 0 Å². The maximum absolute atomic E-state index is 13.7. The molecule has 3 rings (SSSR count). The highest BCUT2D eigenvalue weighted by atomic mass is 19.1. The Morgan fingerprint density at radius 1 is 1.03 bits per heavy atom. The summed E-state index contributed by atoms with van der Waals surface area (Å²) in [5.41, 5.74) is 2.91. The fourth-order valence-corrected chi connectivity index (χ4v) is 3.71. The average molecular weight is 442 g/mol. The number of anilines is 2. The predicted molar refractivity (Wildman–Crippen MR) is 125 cm³/mol. The number of carbonyl (C=O) groups excluding carboxylic acids is 2. The predicted octanol–water partition coefficient (Wildman–Crippen LogP) is 2.24. The number of carbonyl (C=O) groups is 2. The highest BCUT2D eigenvalue weighted by molar-refractivity contribution is 6.39. The highest BCUT2D eigenvalue weighted by Crippen LogP contribution is 2.24. The van der Waals surface area contributed by atoms with Gasteiger partial charge in [0.05, 0.1) is 6.04 Å². The zero-order valence-corrected chi connectivity index (χ0v) is 19.2. The van der Waals surface area contributed by atoms with E-state index in [0.717, 1.165) is 37.4 Å². The van der Waals surface area contributed by atoms with Gasteiger partial charge >= 0.3 is 11.8 Å². The second-order valence-electron chi connectivity index (χ2n) is 8.47. The van der Waals surface area contributed by atoms with Crippen molar-refractivity contribution in [3.05, 3.63) is 59.4 Å². The van der Waals surface area contributed by atoms with Crippen molar-refractivity contribution in [3.63, 3.8) is 0 Å². The summed E-state index contributed by atoms with van der Waals surface area (Å²) in [6, 6.07) is 12.5. The maximum atomic E-state index is 13.7. The van der Waals surface area contributed by atoms with Crippen LogP contribution in [0.3, 0.4) is 0 Å². The molecule has 32 heavy (non-hydrogen) atoms. The summed E-state index contributed by atoms with van der Waals surface area (Å²) >= 11 is 0. The summed E-state index contributed by atoms with van der Waals surface area (Å²) in [6.07, 6.45) is 0. The number of piperazine rings is 1. The van der Waals surface area contributed by atoms with Crippen LogP contribution in [0.15, 0.2) is 42.5 Å².